The molecule has 0 radical (unpaired) electrons. The van der Waals surface area contributed by atoms with Crippen molar-refractivity contribution in [3.05, 3.63) is 24.3 Å². The number of rotatable bonds is 12. The van der Waals surface area contributed by atoms with Crippen molar-refractivity contribution in [2.45, 2.75) is 83.0 Å². The van der Waals surface area contributed by atoms with Gasteiger partial charge in [0.2, 0.25) is 0 Å². The Morgan fingerprint density at radius 1 is 1.16 bits per heavy atom. The monoisotopic (exact) mass is 354 g/mol. The number of carbonyl (C=O) groups is 1. The summed E-state index contributed by atoms with van der Waals surface area (Å²) in [5.74, 6) is -1.00. The van der Waals surface area contributed by atoms with Gasteiger partial charge in [0.05, 0.1) is 18.3 Å². The molecule has 1 rings (SSSR count). The summed E-state index contributed by atoms with van der Waals surface area (Å²) in [6.45, 7) is 2.12. The highest BCUT2D eigenvalue weighted by atomic mass is 16.4. The van der Waals surface area contributed by atoms with Gasteiger partial charge >= 0.3 is 5.97 Å². The summed E-state index contributed by atoms with van der Waals surface area (Å²) in [5, 5.41) is 39.0. The SMILES string of the molecule is CCCCC[C@H](O)/C=C/[C@@H]1[C@H](CC=CCCCC(=O)O)[C@H](O)C[C@H]1O. The second-order valence-corrected chi connectivity index (χ2v) is 7.05. The molecule has 1 aliphatic carbocycles. The fourth-order valence-corrected chi connectivity index (χ4v) is 3.41. The van der Waals surface area contributed by atoms with E-state index in [4.69, 9.17) is 5.11 Å². The lowest BCUT2D eigenvalue weighted by molar-refractivity contribution is -0.137. The van der Waals surface area contributed by atoms with E-state index in [-0.39, 0.29) is 18.3 Å². The summed E-state index contributed by atoms with van der Waals surface area (Å²) >= 11 is 0. The molecule has 25 heavy (non-hydrogen) atoms. The Morgan fingerprint density at radius 3 is 2.60 bits per heavy atom. The van der Waals surface area contributed by atoms with Crippen LogP contribution < -0.4 is 0 Å². The molecule has 0 saturated heterocycles. The molecule has 1 fully saturated rings. The second kappa shape index (κ2) is 12.2. The first-order valence-corrected chi connectivity index (χ1v) is 9.55. The Hall–Kier alpha value is -1.17. The minimum Gasteiger partial charge on any atom is -0.481 e. The van der Waals surface area contributed by atoms with Crippen molar-refractivity contribution in [2.75, 3.05) is 0 Å². The highest BCUT2D eigenvalue weighted by Crippen LogP contribution is 2.36. The average Bonchev–Trinajstić information content (AvgIpc) is 2.82. The molecule has 5 heteroatoms. The number of carboxylic acids is 1. The molecular weight excluding hydrogens is 320 g/mol. The lowest BCUT2D eigenvalue weighted by Gasteiger charge is -2.19. The van der Waals surface area contributed by atoms with Gasteiger partial charge in [0.15, 0.2) is 0 Å². The largest absolute Gasteiger partial charge is 0.481 e. The van der Waals surface area contributed by atoms with Crippen LogP contribution in [0.1, 0.15) is 64.7 Å². The first-order valence-electron chi connectivity index (χ1n) is 9.55. The van der Waals surface area contributed by atoms with Crippen LogP contribution in [0, 0.1) is 11.8 Å². The summed E-state index contributed by atoms with van der Waals surface area (Å²) in [6, 6.07) is 0. The van der Waals surface area contributed by atoms with Crippen LogP contribution in [0.2, 0.25) is 0 Å². The van der Waals surface area contributed by atoms with Crippen LogP contribution in [0.4, 0.5) is 0 Å². The quantitative estimate of drug-likeness (QED) is 0.319. The van der Waals surface area contributed by atoms with E-state index in [2.05, 4.69) is 6.92 Å². The van der Waals surface area contributed by atoms with E-state index in [1.54, 1.807) is 6.08 Å². The Bertz CT molecular complexity index is 432. The zero-order valence-electron chi connectivity index (χ0n) is 15.3. The van der Waals surface area contributed by atoms with E-state index in [1.165, 1.54) is 0 Å². The van der Waals surface area contributed by atoms with Crippen LogP contribution in [0.15, 0.2) is 24.3 Å². The number of allylic oxidation sites excluding steroid dienone is 2. The van der Waals surface area contributed by atoms with Gasteiger partial charge in [0, 0.05) is 18.8 Å². The molecule has 0 amide bonds. The van der Waals surface area contributed by atoms with Gasteiger partial charge in [-0.2, -0.15) is 0 Å². The molecule has 0 spiro atoms. The summed E-state index contributed by atoms with van der Waals surface area (Å²) in [7, 11) is 0. The third kappa shape index (κ3) is 8.66. The number of hydrogen-bond acceptors (Lipinski definition) is 4. The van der Waals surface area contributed by atoms with Gasteiger partial charge in [-0.1, -0.05) is 50.5 Å². The number of carboxylic acid groups (broad SMARTS) is 1. The molecule has 144 valence electrons. The van der Waals surface area contributed by atoms with E-state index in [1.807, 2.05) is 18.2 Å². The maximum atomic E-state index is 10.5. The fraction of sp³-hybridized carbons (Fsp3) is 0.750. The van der Waals surface area contributed by atoms with Gasteiger partial charge in [-0.15, -0.1) is 0 Å². The standard InChI is InChI=1S/C20H34O5/c1-2-3-6-9-15(21)12-13-17-16(18(22)14-19(17)23)10-7-4-5-8-11-20(24)25/h4,7,12-13,15-19,21-23H,2-3,5-6,8-11,14H2,1H3,(H,24,25)/b7-4?,13-12+/t15-,16-,17+,18+,19+/m0/s1. The topological polar surface area (TPSA) is 98.0 Å². The first-order chi connectivity index (χ1) is 12.0. The third-order valence-electron chi connectivity index (χ3n) is 4.91. The summed E-state index contributed by atoms with van der Waals surface area (Å²) in [4.78, 5) is 10.5. The molecule has 0 aromatic carbocycles. The zero-order chi connectivity index (χ0) is 18.7. The average molecular weight is 354 g/mol. The lowest BCUT2D eigenvalue weighted by Crippen LogP contribution is -2.20. The van der Waals surface area contributed by atoms with E-state index < -0.39 is 24.3 Å². The first kappa shape index (κ1) is 21.9. The van der Waals surface area contributed by atoms with Crippen LogP contribution in [-0.2, 0) is 4.79 Å². The van der Waals surface area contributed by atoms with Crippen molar-refractivity contribution in [1.82, 2.24) is 0 Å². The number of aliphatic hydroxyl groups is 3. The van der Waals surface area contributed by atoms with Crippen LogP contribution in [0.5, 0.6) is 0 Å². The smallest absolute Gasteiger partial charge is 0.303 e. The number of aliphatic hydroxyl groups excluding tert-OH is 3. The van der Waals surface area contributed by atoms with Gasteiger partial charge in [-0.3, -0.25) is 4.79 Å². The van der Waals surface area contributed by atoms with E-state index in [0.717, 1.165) is 25.7 Å². The van der Waals surface area contributed by atoms with Crippen molar-refractivity contribution in [3.63, 3.8) is 0 Å². The Balaban J connectivity index is 2.46. The molecule has 0 heterocycles. The molecule has 1 saturated carbocycles. The number of aliphatic carboxylic acids is 1. The predicted molar refractivity (Wildman–Crippen MR) is 98.1 cm³/mol. The molecule has 5 nitrogen and oxygen atoms in total. The molecule has 5 atom stereocenters. The summed E-state index contributed by atoms with van der Waals surface area (Å²) < 4.78 is 0. The summed E-state index contributed by atoms with van der Waals surface area (Å²) in [6.07, 6.45) is 12.3. The maximum absolute atomic E-state index is 10.5. The molecule has 0 bridgehead atoms. The minimum atomic E-state index is -0.787. The molecule has 4 N–H and O–H groups in total. The van der Waals surface area contributed by atoms with Gasteiger partial charge < -0.3 is 20.4 Å². The van der Waals surface area contributed by atoms with Crippen molar-refractivity contribution in [1.29, 1.82) is 0 Å². The van der Waals surface area contributed by atoms with Crippen molar-refractivity contribution >= 4 is 5.97 Å². The molecular formula is C20H34O5. The fourth-order valence-electron chi connectivity index (χ4n) is 3.41. The van der Waals surface area contributed by atoms with Crippen LogP contribution in [-0.4, -0.2) is 44.7 Å². The zero-order valence-corrected chi connectivity index (χ0v) is 15.3. The van der Waals surface area contributed by atoms with E-state index in [9.17, 15) is 20.1 Å². The van der Waals surface area contributed by atoms with Crippen LogP contribution >= 0.6 is 0 Å². The van der Waals surface area contributed by atoms with Gasteiger partial charge in [-0.25, -0.2) is 0 Å². The molecule has 0 aromatic rings. The molecule has 0 aliphatic heterocycles. The van der Waals surface area contributed by atoms with Gasteiger partial charge in [0.1, 0.15) is 0 Å². The van der Waals surface area contributed by atoms with Crippen molar-refractivity contribution in [2.24, 2.45) is 11.8 Å². The van der Waals surface area contributed by atoms with Crippen LogP contribution in [0.3, 0.4) is 0 Å². The van der Waals surface area contributed by atoms with Gasteiger partial charge in [-0.05, 0) is 31.6 Å². The molecule has 1 aliphatic rings. The van der Waals surface area contributed by atoms with Crippen molar-refractivity contribution in [3.8, 4) is 0 Å². The second-order valence-electron chi connectivity index (χ2n) is 7.05. The third-order valence-corrected chi connectivity index (χ3v) is 4.91. The van der Waals surface area contributed by atoms with E-state index in [0.29, 0.717) is 25.7 Å². The van der Waals surface area contributed by atoms with E-state index >= 15 is 0 Å². The highest BCUT2D eigenvalue weighted by Gasteiger charge is 2.39. The number of hydrogen-bond donors (Lipinski definition) is 4. The molecule has 0 unspecified atom stereocenters. The van der Waals surface area contributed by atoms with Crippen LogP contribution in [0.25, 0.3) is 0 Å². The highest BCUT2D eigenvalue weighted by molar-refractivity contribution is 5.66. The Morgan fingerprint density at radius 2 is 1.92 bits per heavy atom. The predicted octanol–water partition coefficient (Wildman–Crippen LogP) is 3.04. The molecule has 0 aromatic heterocycles. The Labute approximate surface area is 151 Å². The number of unbranched alkanes of at least 4 members (excludes halogenated alkanes) is 3. The lowest BCUT2D eigenvalue weighted by atomic mass is 9.89. The summed E-state index contributed by atoms with van der Waals surface area (Å²) in [5.41, 5.74) is 0. The normalized spacial score (nSPS) is 28.2. The minimum absolute atomic E-state index is 0.0650. The van der Waals surface area contributed by atoms with Crippen molar-refractivity contribution < 1.29 is 25.2 Å². The van der Waals surface area contributed by atoms with Gasteiger partial charge in [0.25, 0.3) is 0 Å². The Kier molecular flexibility index (Phi) is 10.7. The maximum Gasteiger partial charge on any atom is 0.303 e.